The fourth-order valence-electron chi connectivity index (χ4n) is 2.30. The molecule has 6 nitrogen and oxygen atoms in total. The number of ether oxygens (including phenoxy) is 3. The van der Waals surface area contributed by atoms with Crippen LogP contribution >= 0.6 is 0 Å². The molecule has 0 unspecified atom stereocenters. The lowest BCUT2D eigenvalue weighted by atomic mass is 10.1. The predicted molar refractivity (Wildman–Crippen MR) is 81.3 cm³/mol. The smallest absolute Gasteiger partial charge is 0.162 e. The van der Waals surface area contributed by atoms with E-state index in [0.717, 1.165) is 5.56 Å². The van der Waals surface area contributed by atoms with Crippen LogP contribution in [0.5, 0.6) is 23.0 Å². The van der Waals surface area contributed by atoms with Gasteiger partial charge in [-0.05, 0) is 35.9 Å². The van der Waals surface area contributed by atoms with E-state index in [4.69, 9.17) is 14.2 Å². The van der Waals surface area contributed by atoms with E-state index in [1.807, 2.05) is 0 Å². The van der Waals surface area contributed by atoms with Crippen molar-refractivity contribution >= 4 is 6.29 Å². The Balaban J connectivity index is 1.92. The molecule has 2 aromatic rings. The minimum absolute atomic E-state index is 0.0255. The first-order chi connectivity index (χ1) is 11.1. The molecule has 0 amide bonds. The lowest BCUT2D eigenvalue weighted by Crippen LogP contribution is -2.14. The Morgan fingerprint density at radius 1 is 1.17 bits per heavy atom. The summed E-state index contributed by atoms with van der Waals surface area (Å²) in [6.45, 7) is 0.530. The summed E-state index contributed by atoms with van der Waals surface area (Å²) in [7, 11) is 1.46. The van der Waals surface area contributed by atoms with Crippen molar-refractivity contribution < 1.29 is 29.2 Å². The van der Waals surface area contributed by atoms with Crippen LogP contribution in [0.25, 0.3) is 0 Å². The molecular weight excluding hydrogens is 300 g/mol. The summed E-state index contributed by atoms with van der Waals surface area (Å²) in [4.78, 5) is 10.9. The van der Waals surface area contributed by atoms with E-state index in [2.05, 4.69) is 0 Å². The zero-order chi connectivity index (χ0) is 16.4. The van der Waals surface area contributed by atoms with Gasteiger partial charge in [0.1, 0.15) is 12.4 Å². The summed E-state index contributed by atoms with van der Waals surface area (Å²) in [6.07, 6.45) is 0.0271. The number of hydrogen-bond acceptors (Lipinski definition) is 6. The molecule has 0 radical (unpaired) electrons. The average Bonchev–Trinajstić information content (AvgIpc) is 3.39. The molecule has 1 saturated heterocycles. The van der Waals surface area contributed by atoms with Gasteiger partial charge in [-0.25, -0.2) is 0 Å². The normalized spacial score (nSPS) is 17.3. The molecule has 1 aliphatic rings. The van der Waals surface area contributed by atoms with E-state index in [0.29, 0.717) is 24.2 Å². The highest BCUT2D eigenvalue weighted by Gasteiger charge is 2.36. The summed E-state index contributed by atoms with van der Waals surface area (Å²) < 4.78 is 16.3. The Labute approximate surface area is 132 Å². The SMILES string of the molecule is COc1cc([C@@H](Oc2cc(C=O)ccc2O)[C@@H]2CO2)ccc1O. The molecule has 120 valence electrons. The maximum absolute atomic E-state index is 10.9. The van der Waals surface area contributed by atoms with Gasteiger partial charge in [-0.2, -0.15) is 0 Å². The lowest BCUT2D eigenvalue weighted by molar-refractivity contribution is 0.112. The Bertz CT molecular complexity index is 723. The minimum atomic E-state index is -0.489. The Morgan fingerprint density at radius 3 is 2.52 bits per heavy atom. The van der Waals surface area contributed by atoms with E-state index < -0.39 is 6.10 Å². The monoisotopic (exact) mass is 316 g/mol. The maximum atomic E-state index is 10.9. The summed E-state index contributed by atoms with van der Waals surface area (Å²) >= 11 is 0. The number of methoxy groups -OCH3 is 1. The van der Waals surface area contributed by atoms with Gasteiger partial charge in [0.25, 0.3) is 0 Å². The van der Waals surface area contributed by atoms with E-state index in [-0.39, 0.29) is 23.4 Å². The molecule has 2 aromatic carbocycles. The molecule has 23 heavy (non-hydrogen) atoms. The van der Waals surface area contributed by atoms with Crippen LogP contribution in [0.4, 0.5) is 0 Å². The van der Waals surface area contributed by atoms with Gasteiger partial charge in [-0.1, -0.05) is 6.07 Å². The zero-order valence-corrected chi connectivity index (χ0v) is 12.4. The second-order valence-corrected chi connectivity index (χ2v) is 5.19. The van der Waals surface area contributed by atoms with Crippen molar-refractivity contribution in [3.63, 3.8) is 0 Å². The molecule has 2 N–H and O–H groups in total. The van der Waals surface area contributed by atoms with Crippen molar-refractivity contribution in [1.82, 2.24) is 0 Å². The van der Waals surface area contributed by atoms with Crippen LogP contribution < -0.4 is 9.47 Å². The van der Waals surface area contributed by atoms with E-state index >= 15 is 0 Å². The van der Waals surface area contributed by atoms with Crippen molar-refractivity contribution in [3.05, 3.63) is 47.5 Å². The van der Waals surface area contributed by atoms with Gasteiger partial charge in [-0.3, -0.25) is 4.79 Å². The third kappa shape index (κ3) is 3.22. The molecule has 3 rings (SSSR count). The van der Waals surface area contributed by atoms with Crippen LogP contribution in [-0.4, -0.2) is 36.3 Å². The third-order valence-electron chi connectivity index (χ3n) is 3.60. The molecular formula is C17H16O6. The van der Waals surface area contributed by atoms with Crippen molar-refractivity contribution in [3.8, 4) is 23.0 Å². The largest absolute Gasteiger partial charge is 0.504 e. The summed E-state index contributed by atoms with van der Waals surface area (Å²) in [5.74, 6) is 0.481. The molecule has 0 saturated carbocycles. The lowest BCUT2D eigenvalue weighted by Gasteiger charge is -2.19. The first-order valence-electron chi connectivity index (χ1n) is 7.05. The molecule has 0 aliphatic carbocycles. The number of aromatic hydroxyl groups is 2. The molecule has 0 spiro atoms. The van der Waals surface area contributed by atoms with E-state index in [1.165, 1.54) is 31.4 Å². The quantitative estimate of drug-likeness (QED) is 0.628. The maximum Gasteiger partial charge on any atom is 0.162 e. The number of epoxide rings is 1. The Morgan fingerprint density at radius 2 is 1.87 bits per heavy atom. The van der Waals surface area contributed by atoms with Gasteiger partial charge in [-0.15, -0.1) is 0 Å². The standard InChI is InChI=1S/C17H16O6/c1-21-14-7-11(3-5-12(14)19)17(16-9-22-16)23-15-6-10(8-18)2-4-13(15)20/h2-8,16-17,19-20H,9H2,1H3/t16-,17+/m0/s1. The summed E-state index contributed by atoms with van der Waals surface area (Å²) in [5.41, 5.74) is 1.13. The highest BCUT2D eigenvalue weighted by atomic mass is 16.6. The second kappa shape index (κ2) is 6.18. The molecule has 0 bridgehead atoms. The van der Waals surface area contributed by atoms with Gasteiger partial charge < -0.3 is 24.4 Å². The van der Waals surface area contributed by atoms with E-state index in [1.54, 1.807) is 12.1 Å². The topological polar surface area (TPSA) is 88.5 Å². The van der Waals surface area contributed by atoms with Crippen LogP contribution in [0.2, 0.25) is 0 Å². The summed E-state index contributed by atoms with van der Waals surface area (Å²) in [6, 6.07) is 9.24. The predicted octanol–water partition coefficient (Wildman–Crippen LogP) is 2.44. The number of carbonyl (C=O) groups is 1. The summed E-state index contributed by atoms with van der Waals surface area (Å²) in [5, 5.41) is 19.6. The van der Waals surface area contributed by atoms with Gasteiger partial charge in [0.05, 0.1) is 13.7 Å². The molecule has 1 heterocycles. The number of phenolic OH excluding ortho intramolecular Hbond substituents is 2. The first kappa shape index (κ1) is 15.2. The molecule has 2 atom stereocenters. The van der Waals surface area contributed by atoms with Crippen molar-refractivity contribution in [2.75, 3.05) is 13.7 Å². The van der Waals surface area contributed by atoms with Gasteiger partial charge in [0.2, 0.25) is 0 Å². The number of hydrogen-bond donors (Lipinski definition) is 2. The molecule has 6 heteroatoms. The van der Waals surface area contributed by atoms with Crippen LogP contribution in [0.3, 0.4) is 0 Å². The van der Waals surface area contributed by atoms with Gasteiger partial charge in [0, 0.05) is 5.56 Å². The van der Waals surface area contributed by atoms with Crippen molar-refractivity contribution in [1.29, 1.82) is 0 Å². The Hall–Kier alpha value is -2.73. The fraction of sp³-hybridized carbons (Fsp3) is 0.235. The first-order valence-corrected chi connectivity index (χ1v) is 7.05. The number of aldehydes is 1. The zero-order valence-electron chi connectivity index (χ0n) is 12.4. The van der Waals surface area contributed by atoms with Gasteiger partial charge >= 0.3 is 0 Å². The fourth-order valence-corrected chi connectivity index (χ4v) is 2.30. The second-order valence-electron chi connectivity index (χ2n) is 5.19. The van der Waals surface area contributed by atoms with Crippen LogP contribution in [-0.2, 0) is 4.74 Å². The highest BCUT2D eigenvalue weighted by molar-refractivity contribution is 5.76. The molecule has 1 aliphatic heterocycles. The van der Waals surface area contributed by atoms with E-state index in [9.17, 15) is 15.0 Å². The number of carbonyl (C=O) groups excluding carboxylic acids is 1. The van der Waals surface area contributed by atoms with Crippen molar-refractivity contribution in [2.45, 2.75) is 12.2 Å². The van der Waals surface area contributed by atoms with Crippen LogP contribution in [0.15, 0.2) is 36.4 Å². The van der Waals surface area contributed by atoms with Gasteiger partial charge in [0.15, 0.2) is 29.1 Å². The molecule has 1 fully saturated rings. The van der Waals surface area contributed by atoms with Crippen LogP contribution in [0.1, 0.15) is 22.0 Å². The Kier molecular flexibility index (Phi) is 4.08. The van der Waals surface area contributed by atoms with Crippen LogP contribution in [0, 0.1) is 0 Å². The number of phenols is 2. The highest BCUT2D eigenvalue weighted by Crippen LogP contribution is 2.39. The van der Waals surface area contributed by atoms with Crippen molar-refractivity contribution in [2.24, 2.45) is 0 Å². The minimum Gasteiger partial charge on any atom is -0.504 e. The average molecular weight is 316 g/mol. The number of benzene rings is 2. The molecule has 0 aromatic heterocycles. The third-order valence-corrected chi connectivity index (χ3v) is 3.60. The number of rotatable bonds is 6.